The lowest BCUT2D eigenvalue weighted by Gasteiger charge is -2.32. The Bertz CT molecular complexity index is 812. The van der Waals surface area contributed by atoms with Crippen molar-refractivity contribution in [1.82, 2.24) is 14.8 Å². The molecule has 1 aromatic heterocycles. The van der Waals surface area contributed by atoms with Gasteiger partial charge in [-0.15, -0.1) is 5.10 Å². The summed E-state index contributed by atoms with van der Waals surface area (Å²) < 4.78 is 1.82. The molecule has 1 aliphatic heterocycles. The van der Waals surface area contributed by atoms with Gasteiger partial charge in [-0.3, -0.25) is 4.79 Å². The largest absolute Gasteiger partial charge is 0.328 e. The number of nitrogens with one attached hydrogen (secondary N) is 1. The number of hydrogen-bond donors (Lipinski definition) is 1. The summed E-state index contributed by atoms with van der Waals surface area (Å²) in [7, 11) is 0. The molecular formula is C16H15ClN4OS. The van der Waals surface area contributed by atoms with Crippen molar-refractivity contribution in [3.63, 3.8) is 0 Å². The fourth-order valence-electron chi connectivity index (χ4n) is 3.18. The minimum absolute atomic E-state index is 0.186. The molecule has 118 valence electrons. The fraction of sp³-hybridized carbons (Fsp3) is 0.312. The number of nitrogens with zero attached hydrogens (tertiary/aromatic N) is 3. The van der Waals surface area contributed by atoms with Crippen molar-refractivity contribution in [3.05, 3.63) is 46.1 Å². The number of halogens is 1. The first-order valence-electron chi connectivity index (χ1n) is 7.46. The van der Waals surface area contributed by atoms with Crippen molar-refractivity contribution in [2.24, 2.45) is 0 Å². The normalized spacial score (nSPS) is 20.1. The summed E-state index contributed by atoms with van der Waals surface area (Å²) in [5.74, 6) is 0.883. The van der Waals surface area contributed by atoms with E-state index in [1.807, 2.05) is 35.2 Å². The van der Waals surface area contributed by atoms with Gasteiger partial charge in [0.15, 0.2) is 5.78 Å². The second-order valence-electron chi connectivity index (χ2n) is 5.61. The number of carbonyl (C=O) groups excluding carboxylic acids is 1. The number of aromatic nitrogens is 3. The molecule has 0 saturated heterocycles. The standard InChI is InChI=1S/C16H15ClN4OS/c1-23-16-19-15-18-11-3-2-4-12(22)13(11)14(21(15)20-16)9-5-7-10(17)8-6-9/h5-8,14H,2-4H2,1H3,(H,18,19,20)/t14-/m1/s1. The lowest BCUT2D eigenvalue weighted by Crippen LogP contribution is -2.31. The molecule has 0 bridgehead atoms. The highest BCUT2D eigenvalue weighted by Crippen LogP contribution is 2.40. The van der Waals surface area contributed by atoms with E-state index in [1.165, 1.54) is 11.8 Å². The number of fused-ring (bicyclic) bond motifs is 1. The Morgan fingerprint density at radius 2 is 2.09 bits per heavy atom. The zero-order chi connectivity index (χ0) is 16.0. The Kier molecular flexibility index (Phi) is 3.66. The summed E-state index contributed by atoms with van der Waals surface area (Å²) in [6.07, 6.45) is 4.27. The molecule has 0 spiro atoms. The van der Waals surface area contributed by atoms with E-state index in [0.29, 0.717) is 22.5 Å². The van der Waals surface area contributed by atoms with Crippen LogP contribution in [0.15, 0.2) is 40.7 Å². The Balaban J connectivity index is 1.90. The maximum atomic E-state index is 12.6. The second-order valence-corrected chi connectivity index (χ2v) is 6.82. The average Bonchev–Trinajstić information content (AvgIpc) is 2.97. The molecule has 0 radical (unpaired) electrons. The van der Waals surface area contributed by atoms with Crippen molar-refractivity contribution in [2.45, 2.75) is 30.5 Å². The lowest BCUT2D eigenvalue weighted by molar-refractivity contribution is -0.116. The van der Waals surface area contributed by atoms with E-state index < -0.39 is 0 Å². The minimum atomic E-state index is -0.236. The number of benzene rings is 1. The Labute approximate surface area is 143 Å². The quantitative estimate of drug-likeness (QED) is 0.840. The number of thioether (sulfide) groups is 1. The molecule has 0 fully saturated rings. The molecule has 0 amide bonds. The number of carbonyl (C=O) groups is 1. The number of Topliss-reactive ketones (excluding diaryl/α,β-unsaturated/α-hetero) is 1. The summed E-state index contributed by atoms with van der Waals surface area (Å²) >= 11 is 7.50. The van der Waals surface area contributed by atoms with Gasteiger partial charge in [-0.1, -0.05) is 35.5 Å². The predicted molar refractivity (Wildman–Crippen MR) is 90.9 cm³/mol. The minimum Gasteiger partial charge on any atom is -0.328 e. The van der Waals surface area contributed by atoms with Gasteiger partial charge < -0.3 is 5.32 Å². The molecule has 0 unspecified atom stereocenters. The van der Waals surface area contributed by atoms with Crippen LogP contribution in [-0.4, -0.2) is 26.8 Å². The number of rotatable bonds is 2. The first-order chi connectivity index (χ1) is 11.2. The SMILES string of the molecule is CSc1nc2n(n1)[C@H](c1ccc(Cl)cc1)C1=C(CCCC1=O)N2. The van der Waals surface area contributed by atoms with Crippen LogP contribution in [0.1, 0.15) is 30.9 Å². The maximum Gasteiger partial charge on any atom is 0.227 e. The van der Waals surface area contributed by atoms with E-state index in [2.05, 4.69) is 15.4 Å². The van der Waals surface area contributed by atoms with Gasteiger partial charge in [0.2, 0.25) is 11.1 Å². The topological polar surface area (TPSA) is 59.8 Å². The van der Waals surface area contributed by atoms with Crippen LogP contribution in [0.4, 0.5) is 5.95 Å². The van der Waals surface area contributed by atoms with Gasteiger partial charge in [0.1, 0.15) is 6.04 Å². The van der Waals surface area contributed by atoms with Crippen LogP contribution in [0.5, 0.6) is 0 Å². The number of ketones is 1. The predicted octanol–water partition coefficient (Wildman–Crippen LogP) is 3.68. The smallest absolute Gasteiger partial charge is 0.227 e. The summed E-state index contributed by atoms with van der Waals surface area (Å²) in [6, 6.07) is 7.36. The van der Waals surface area contributed by atoms with Crippen molar-refractivity contribution in [1.29, 1.82) is 0 Å². The van der Waals surface area contributed by atoms with Crippen molar-refractivity contribution in [3.8, 4) is 0 Å². The molecule has 4 rings (SSSR count). The zero-order valence-corrected chi connectivity index (χ0v) is 14.1. The maximum absolute atomic E-state index is 12.6. The first kappa shape index (κ1) is 14.8. The molecule has 1 aromatic carbocycles. The molecule has 7 heteroatoms. The first-order valence-corrected chi connectivity index (χ1v) is 9.07. The van der Waals surface area contributed by atoms with Crippen molar-refractivity contribution in [2.75, 3.05) is 11.6 Å². The number of allylic oxidation sites excluding steroid dienone is 2. The van der Waals surface area contributed by atoms with E-state index in [-0.39, 0.29) is 11.8 Å². The number of hydrogen-bond acceptors (Lipinski definition) is 5. The Morgan fingerprint density at radius 1 is 1.30 bits per heavy atom. The molecule has 0 saturated carbocycles. The van der Waals surface area contributed by atoms with Gasteiger partial charge in [-0.2, -0.15) is 4.98 Å². The van der Waals surface area contributed by atoms with Crippen LogP contribution in [0.25, 0.3) is 0 Å². The molecule has 1 atom stereocenters. The van der Waals surface area contributed by atoms with Crippen LogP contribution in [0.3, 0.4) is 0 Å². The van der Waals surface area contributed by atoms with Gasteiger partial charge in [0.05, 0.1) is 0 Å². The van der Waals surface area contributed by atoms with Crippen LogP contribution in [0.2, 0.25) is 5.02 Å². The van der Waals surface area contributed by atoms with Gasteiger partial charge in [0.25, 0.3) is 0 Å². The Hall–Kier alpha value is -1.79. The molecule has 1 aliphatic carbocycles. The Morgan fingerprint density at radius 3 is 2.83 bits per heavy atom. The van der Waals surface area contributed by atoms with E-state index in [4.69, 9.17) is 11.6 Å². The summed E-state index contributed by atoms with van der Waals surface area (Å²) in [5.41, 5.74) is 2.79. The van der Waals surface area contributed by atoms with Crippen molar-refractivity contribution >= 4 is 35.1 Å². The third-order valence-corrected chi connectivity index (χ3v) is 5.01. The number of anilines is 1. The van der Waals surface area contributed by atoms with Gasteiger partial charge in [-0.05, 0) is 36.8 Å². The third-order valence-electron chi connectivity index (χ3n) is 4.22. The molecule has 1 N–H and O–H groups in total. The monoisotopic (exact) mass is 346 g/mol. The molecule has 23 heavy (non-hydrogen) atoms. The van der Waals surface area contributed by atoms with Crippen LogP contribution in [0, 0.1) is 0 Å². The highest BCUT2D eigenvalue weighted by atomic mass is 35.5. The van der Waals surface area contributed by atoms with E-state index in [9.17, 15) is 4.79 Å². The van der Waals surface area contributed by atoms with Crippen LogP contribution in [-0.2, 0) is 4.79 Å². The lowest BCUT2D eigenvalue weighted by atomic mass is 9.85. The van der Waals surface area contributed by atoms with Gasteiger partial charge in [-0.25, -0.2) is 4.68 Å². The van der Waals surface area contributed by atoms with Crippen LogP contribution >= 0.6 is 23.4 Å². The van der Waals surface area contributed by atoms with E-state index in [0.717, 1.165) is 29.7 Å². The average molecular weight is 347 g/mol. The molecule has 2 aromatic rings. The zero-order valence-electron chi connectivity index (χ0n) is 12.5. The van der Waals surface area contributed by atoms with Crippen molar-refractivity contribution < 1.29 is 4.79 Å². The fourth-order valence-corrected chi connectivity index (χ4v) is 3.65. The summed E-state index contributed by atoms with van der Waals surface area (Å²) in [4.78, 5) is 17.1. The summed E-state index contributed by atoms with van der Waals surface area (Å²) in [5, 5.41) is 9.24. The van der Waals surface area contributed by atoms with Crippen LogP contribution < -0.4 is 5.32 Å². The summed E-state index contributed by atoms with van der Waals surface area (Å²) in [6.45, 7) is 0. The van der Waals surface area contributed by atoms with Gasteiger partial charge >= 0.3 is 0 Å². The van der Waals surface area contributed by atoms with E-state index in [1.54, 1.807) is 0 Å². The van der Waals surface area contributed by atoms with Gasteiger partial charge in [0, 0.05) is 22.7 Å². The second kappa shape index (κ2) is 5.69. The van der Waals surface area contributed by atoms with E-state index >= 15 is 0 Å². The molecular weight excluding hydrogens is 332 g/mol. The highest BCUT2D eigenvalue weighted by molar-refractivity contribution is 7.98. The third kappa shape index (κ3) is 2.46. The molecule has 5 nitrogen and oxygen atoms in total. The molecule has 2 heterocycles. The molecule has 2 aliphatic rings. The highest BCUT2D eigenvalue weighted by Gasteiger charge is 2.36.